The van der Waals surface area contributed by atoms with Gasteiger partial charge in [0.05, 0.1) is 24.7 Å². The van der Waals surface area contributed by atoms with Gasteiger partial charge >= 0.3 is 0 Å². The predicted octanol–water partition coefficient (Wildman–Crippen LogP) is 2.10. The molecule has 3 aromatic rings. The number of nitrogens with zero attached hydrogens (tertiary/aromatic N) is 4. The Morgan fingerprint density at radius 2 is 1.94 bits per heavy atom. The fourth-order valence-corrected chi connectivity index (χ4v) is 4.17. The van der Waals surface area contributed by atoms with Crippen LogP contribution in [0.2, 0.25) is 0 Å². The Morgan fingerprint density at radius 3 is 2.64 bits per heavy atom. The van der Waals surface area contributed by atoms with Gasteiger partial charge in [-0.25, -0.2) is 4.98 Å². The molecule has 2 amide bonds. The van der Waals surface area contributed by atoms with Crippen LogP contribution < -0.4 is 15.0 Å². The first-order valence-corrected chi connectivity index (χ1v) is 10.9. The highest BCUT2D eigenvalue weighted by atomic mass is 16.5. The number of imidazole rings is 1. The molecule has 2 N–H and O–H groups in total. The van der Waals surface area contributed by atoms with Crippen molar-refractivity contribution in [2.45, 2.75) is 13.0 Å². The van der Waals surface area contributed by atoms with Gasteiger partial charge in [-0.3, -0.25) is 14.5 Å². The van der Waals surface area contributed by atoms with Gasteiger partial charge in [-0.1, -0.05) is 0 Å². The molecule has 33 heavy (non-hydrogen) atoms. The van der Waals surface area contributed by atoms with Crippen LogP contribution in [0.25, 0.3) is 11.0 Å². The Bertz CT molecular complexity index is 1140. The van der Waals surface area contributed by atoms with Crippen LogP contribution in [0.3, 0.4) is 0 Å². The Labute approximate surface area is 193 Å². The third-order valence-corrected chi connectivity index (χ3v) is 5.89. The number of H-pyrrole nitrogens is 1. The summed E-state index contributed by atoms with van der Waals surface area (Å²) in [4.78, 5) is 39.1. The fraction of sp³-hybridized carbons (Fsp3) is 0.375. The molecule has 1 atom stereocenters. The number of aromatic nitrogens is 2. The number of nitrogens with one attached hydrogen (secondary N) is 2. The largest absolute Gasteiger partial charge is 0.497 e. The number of likely N-dealkylation sites (N-methyl/N-ethyl adjacent to an activating group) is 1. The summed E-state index contributed by atoms with van der Waals surface area (Å²) in [6.45, 7) is 3.86. The maximum atomic E-state index is 13.0. The summed E-state index contributed by atoms with van der Waals surface area (Å²) in [5.41, 5.74) is 3.46. The van der Waals surface area contributed by atoms with Crippen LogP contribution in [0.1, 0.15) is 5.82 Å². The lowest BCUT2D eigenvalue weighted by Crippen LogP contribution is -2.60. The van der Waals surface area contributed by atoms with E-state index in [0.29, 0.717) is 18.8 Å². The topological polar surface area (TPSA) is 93.8 Å². The number of benzene rings is 2. The van der Waals surface area contributed by atoms with Gasteiger partial charge in [-0.15, -0.1) is 0 Å². The number of ether oxygens (including phenoxy) is 1. The number of amides is 2. The standard InChI is InChI=1S/C24H30N6O3/c1-16-25-20-10-5-17(13-21(20)26-16)27-23(31)15-30-12-11-29(14-22(30)24(32)28(2)3)18-6-8-19(33-4)9-7-18/h5-10,13,22H,11-12,14-15H2,1-4H3,(H,25,26)(H,27,31)/t22-/m0/s1. The van der Waals surface area contributed by atoms with Crippen molar-refractivity contribution in [1.29, 1.82) is 0 Å². The van der Waals surface area contributed by atoms with Crippen molar-refractivity contribution in [2.75, 3.05) is 57.6 Å². The van der Waals surface area contributed by atoms with Crippen molar-refractivity contribution < 1.29 is 14.3 Å². The maximum Gasteiger partial charge on any atom is 0.241 e. The summed E-state index contributed by atoms with van der Waals surface area (Å²) in [5.74, 6) is 1.45. The number of aryl methyl sites for hydroxylation is 1. The number of aromatic amines is 1. The van der Waals surface area contributed by atoms with Gasteiger partial charge in [0, 0.05) is 45.1 Å². The van der Waals surface area contributed by atoms with Crippen molar-refractivity contribution in [1.82, 2.24) is 19.8 Å². The number of hydrogen-bond acceptors (Lipinski definition) is 6. The number of methoxy groups -OCH3 is 1. The van der Waals surface area contributed by atoms with Gasteiger partial charge in [0.15, 0.2) is 0 Å². The number of hydrogen-bond donors (Lipinski definition) is 2. The minimum atomic E-state index is -0.417. The Balaban J connectivity index is 1.45. The van der Waals surface area contributed by atoms with Crippen molar-refractivity contribution >= 4 is 34.2 Å². The van der Waals surface area contributed by atoms with E-state index in [9.17, 15) is 9.59 Å². The first-order chi connectivity index (χ1) is 15.8. The third-order valence-electron chi connectivity index (χ3n) is 5.89. The molecule has 2 heterocycles. The molecule has 174 valence electrons. The van der Waals surface area contributed by atoms with E-state index in [-0.39, 0.29) is 18.4 Å². The molecule has 0 aliphatic carbocycles. The summed E-state index contributed by atoms with van der Waals surface area (Å²) >= 11 is 0. The van der Waals surface area contributed by atoms with Crippen molar-refractivity contribution in [3.63, 3.8) is 0 Å². The Hall–Kier alpha value is -3.59. The highest BCUT2D eigenvalue weighted by Gasteiger charge is 2.34. The van der Waals surface area contributed by atoms with Crippen molar-refractivity contribution in [3.05, 3.63) is 48.3 Å². The molecule has 1 aliphatic heterocycles. The summed E-state index contributed by atoms with van der Waals surface area (Å²) in [6.07, 6.45) is 0. The van der Waals surface area contributed by atoms with E-state index in [1.807, 2.05) is 54.3 Å². The van der Waals surface area contributed by atoms with Crippen LogP contribution >= 0.6 is 0 Å². The lowest BCUT2D eigenvalue weighted by Gasteiger charge is -2.42. The number of anilines is 2. The smallest absolute Gasteiger partial charge is 0.241 e. The second-order valence-electron chi connectivity index (χ2n) is 8.47. The first kappa shape index (κ1) is 22.6. The molecule has 0 radical (unpaired) electrons. The Morgan fingerprint density at radius 1 is 1.18 bits per heavy atom. The molecular weight excluding hydrogens is 420 g/mol. The zero-order valence-corrected chi connectivity index (χ0v) is 19.5. The molecule has 1 aromatic heterocycles. The highest BCUT2D eigenvalue weighted by molar-refractivity contribution is 5.95. The molecule has 0 unspecified atom stereocenters. The molecule has 0 spiro atoms. The maximum absolute atomic E-state index is 13.0. The molecule has 2 aromatic carbocycles. The van der Waals surface area contributed by atoms with Gasteiger partial charge in [-0.2, -0.15) is 0 Å². The SMILES string of the molecule is COc1ccc(N2CCN(CC(=O)Nc3ccc4nc(C)[nH]c4c3)[C@H](C(=O)N(C)C)C2)cc1. The number of carbonyl (C=O) groups excluding carboxylic acids is 2. The highest BCUT2D eigenvalue weighted by Crippen LogP contribution is 2.23. The molecule has 0 saturated carbocycles. The van der Waals surface area contributed by atoms with E-state index in [2.05, 4.69) is 20.2 Å². The van der Waals surface area contributed by atoms with Crippen LogP contribution in [-0.2, 0) is 9.59 Å². The van der Waals surface area contributed by atoms with Gasteiger partial charge in [0.1, 0.15) is 17.6 Å². The number of fused-ring (bicyclic) bond motifs is 1. The second-order valence-corrected chi connectivity index (χ2v) is 8.47. The minimum Gasteiger partial charge on any atom is -0.497 e. The molecule has 1 fully saturated rings. The number of rotatable bonds is 6. The zero-order valence-electron chi connectivity index (χ0n) is 19.5. The third kappa shape index (κ3) is 5.09. The van der Waals surface area contributed by atoms with Crippen LogP contribution in [0.15, 0.2) is 42.5 Å². The van der Waals surface area contributed by atoms with Crippen LogP contribution in [0, 0.1) is 6.92 Å². The van der Waals surface area contributed by atoms with Crippen molar-refractivity contribution in [2.24, 2.45) is 0 Å². The first-order valence-electron chi connectivity index (χ1n) is 10.9. The van der Waals surface area contributed by atoms with Crippen LogP contribution in [0.5, 0.6) is 5.75 Å². The average molecular weight is 451 g/mol. The van der Waals surface area contributed by atoms with Crippen molar-refractivity contribution in [3.8, 4) is 5.75 Å². The van der Waals surface area contributed by atoms with Gasteiger partial charge in [-0.05, 0) is 49.4 Å². The van der Waals surface area contributed by atoms with E-state index >= 15 is 0 Å². The molecular formula is C24H30N6O3. The van der Waals surface area contributed by atoms with Crippen LogP contribution in [-0.4, -0.2) is 85.0 Å². The lowest BCUT2D eigenvalue weighted by atomic mass is 10.1. The van der Waals surface area contributed by atoms with Gasteiger partial charge in [0.2, 0.25) is 11.8 Å². The van der Waals surface area contributed by atoms with Crippen LogP contribution in [0.4, 0.5) is 11.4 Å². The number of carbonyl (C=O) groups is 2. The molecule has 1 aliphatic rings. The summed E-state index contributed by atoms with van der Waals surface area (Å²) < 4.78 is 5.24. The van der Waals surface area contributed by atoms with E-state index in [1.54, 1.807) is 26.1 Å². The molecule has 1 saturated heterocycles. The van der Waals surface area contributed by atoms with E-state index in [0.717, 1.165) is 34.8 Å². The minimum absolute atomic E-state index is 0.0182. The quantitative estimate of drug-likeness (QED) is 0.597. The van der Waals surface area contributed by atoms with Gasteiger partial charge in [0.25, 0.3) is 0 Å². The monoisotopic (exact) mass is 450 g/mol. The lowest BCUT2D eigenvalue weighted by molar-refractivity contribution is -0.135. The van der Waals surface area contributed by atoms with E-state index in [4.69, 9.17) is 4.74 Å². The zero-order chi connectivity index (χ0) is 23.5. The Kier molecular flexibility index (Phi) is 6.50. The molecule has 4 rings (SSSR count). The summed E-state index contributed by atoms with van der Waals surface area (Å²) in [5, 5.41) is 2.95. The average Bonchev–Trinajstić information content (AvgIpc) is 3.18. The normalized spacial score (nSPS) is 16.6. The molecule has 9 heteroatoms. The summed E-state index contributed by atoms with van der Waals surface area (Å²) in [6, 6.07) is 13.0. The van der Waals surface area contributed by atoms with E-state index < -0.39 is 6.04 Å². The van der Waals surface area contributed by atoms with E-state index in [1.165, 1.54) is 0 Å². The van der Waals surface area contributed by atoms with Gasteiger partial charge < -0.3 is 24.8 Å². The fourth-order valence-electron chi connectivity index (χ4n) is 4.17. The molecule has 9 nitrogen and oxygen atoms in total. The summed E-state index contributed by atoms with van der Waals surface area (Å²) in [7, 11) is 5.13. The second kappa shape index (κ2) is 9.50. The number of piperazine rings is 1. The predicted molar refractivity (Wildman–Crippen MR) is 129 cm³/mol. The molecule has 0 bridgehead atoms.